The minimum absolute atomic E-state index is 0.575. The molecule has 1 saturated heterocycles. The Bertz CT molecular complexity index is 383. The molecule has 2 heterocycles. The highest BCUT2D eigenvalue weighted by Crippen LogP contribution is 2.28. The fourth-order valence-corrected chi connectivity index (χ4v) is 3.12. The number of aromatic nitrogens is 1. The molecule has 16 heavy (non-hydrogen) atoms. The van der Waals surface area contributed by atoms with E-state index in [0.29, 0.717) is 6.04 Å². The first-order chi connectivity index (χ1) is 7.58. The number of nitrogens with zero attached hydrogens (tertiary/aromatic N) is 3. The molecule has 1 aliphatic rings. The zero-order chi connectivity index (χ0) is 11.7. The van der Waals surface area contributed by atoms with Crippen molar-refractivity contribution in [3.8, 4) is 0 Å². The van der Waals surface area contributed by atoms with Gasteiger partial charge in [-0.3, -0.25) is 0 Å². The Labute approximate surface area is 113 Å². The maximum Gasteiger partial charge on any atom is 0.143 e. The second kappa shape index (κ2) is 5.02. The van der Waals surface area contributed by atoms with Crippen LogP contribution < -0.4 is 4.90 Å². The molecular formula is C11H15Br2N3. The lowest BCUT2D eigenvalue weighted by Gasteiger charge is -2.38. The Kier molecular flexibility index (Phi) is 3.87. The summed E-state index contributed by atoms with van der Waals surface area (Å²) in [5.74, 6) is 1.04. The zero-order valence-corrected chi connectivity index (χ0v) is 12.6. The Morgan fingerprint density at radius 2 is 2.12 bits per heavy atom. The molecule has 1 aromatic heterocycles. The molecule has 0 spiro atoms. The smallest absolute Gasteiger partial charge is 0.143 e. The van der Waals surface area contributed by atoms with Gasteiger partial charge in [0.05, 0.1) is 4.47 Å². The summed E-state index contributed by atoms with van der Waals surface area (Å²) in [4.78, 5) is 9.19. The van der Waals surface area contributed by atoms with Crippen LogP contribution in [0.3, 0.4) is 0 Å². The maximum absolute atomic E-state index is 4.47. The molecule has 0 N–H and O–H groups in total. The third kappa shape index (κ3) is 2.57. The molecular weight excluding hydrogens is 334 g/mol. The summed E-state index contributed by atoms with van der Waals surface area (Å²) < 4.78 is 2.06. The van der Waals surface area contributed by atoms with Gasteiger partial charge in [-0.2, -0.15) is 0 Å². The van der Waals surface area contributed by atoms with E-state index in [1.54, 1.807) is 0 Å². The molecule has 1 fully saturated rings. The number of hydrogen-bond donors (Lipinski definition) is 0. The van der Waals surface area contributed by atoms with Crippen molar-refractivity contribution in [2.75, 3.05) is 31.6 Å². The largest absolute Gasteiger partial charge is 0.353 e. The van der Waals surface area contributed by atoms with Gasteiger partial charge in [0, 0.05) is 36.3 Å². The van der Waals surface area contributed by atoms with Gasteiger partial charge in [0.15, 0.2) is 0 Å². The molecule has 0 radical (unpaired) electrons. The van der Waals surface area contributed by atoms with E-state index in [-0.39, 0.29) is 0 Å². The number of piperazine rings is 1. The second-order valence-corrected chi connectivity index (χ2v) is 6.00. The average Bonchev–Trinajstić information content (AvgIpc) is 2.22. The van der Waals surface area contributed by atoms with Crippen molar-refractivity contribution in [1.82, 2.24) is 9.88 Å². The van der Waals surface area contributed by atoms with Crippen LogP contribution in [0.25, 0.3) is 0 Å². The molecule has 0 aromatic carbocycles. The van der Waals surface area contributed by atoms with Crippen LogP contribution in [0.2, 0.25) is 0 Å². The molecule has 5 heteroatoms. The van der Waals surface area contributed by atoms with E-state index in [2.05, 4.69) is 60.6 Å². The van der Waals surface area contributed by atoms with Crippen molar-refractivity contribution in [2.24, 2.45) is 0 Å². The molecule has 1 unspecified atom stereocenters. The van der Waals surface area contributed by atoms with E-state index in [1.807, 2.05) is 12.3 Å². The van der Waals surface area contributed by atoms with E-state index in [0.717, 1.165) is 34.4 Å². The molecule has 3 nitrogen and oxygen atoms in total. The van der Waals surface area contributed by atoms with Crippen molar-refractivity contribution < 1.29 is 0 Å². The van der Waals surface area contributed by atoms with Crippen LogP contribution >= 0.6 is 31.9 Å². The first-order valence-electron chi connectivity index (χ1n) is 5.34. The van der Waals surface area contributed by atoms with Gasteiger partial charge in [-0.15, -0.1) is 0 Å². The fourth-order valence-electron chi connectivity index (χ4n) is 1.88. The quantitative estimate of drug-likeness (QED) is 0.777. The number of rotatable bonds is 1. The summed E-state index contributed by atoms with van der Waals surface area (Å²) in [5.41, 5.74) is 0. The first-order valence-corrected chi connectivity index (χ1v) is 6.93. The monoisotopic (exact) mass is 347 g/mol. The van der Waals surface area contributed by atoms with Gasteiger partial charge in [0.2, 0.25) is 0 Å². The summed E-state index contributed by atoms with van der Waals surface area (Å²) in [6, 6.07) is 2.62. The fraction of sp³-hybridized carbons (Fsp3) is 0.545. The molecule has 0 amide bonds. The van der Waals surface area contributed by atoms with Crippen LogP contribution in [0.15, 0.2) is 21.2 Å². The molecule has 0 bridgehead atoms. The van der Waals surface area contributed by atoms with E-state index < -0.39 is 0 Å². The minimum Gasteiger partial charge on any atom is -0.353 e. The Morgan fingerprint density at radius 3 is 2.75 bits per heavy atom. The van der Waals surface area contributed by atoms with Crippen LogP contribution in [0.1, 0.15) is 6.92 Å². The number of hydrogen-bond acceptors (Lipinski definition) is 3. The van der Waals surface area contributed by atoms with Gasteiger partial charge in [-0.05, 0) is 51.9 Å². The minimum atomic E-state index is 0.575. The molecule has 88 valence electrons. The van der Waals surface area contributed by atoms with E-state index in [4.69, 9.17) is 0 Å². The molecule has 0 saturated carbocycles. The molecule has 0 aliphatic carbocycles. The number of pyridine rings is 1. The van der Waals surface area contributed by atoms with Crippen molar-refractivity contribution in [3.05, 3.63) is 21.2 Å². The normalized spacial score (nSPS) is 22.5. The number of halogens is 2. The predicted molar refractivity (Wildman–Crippen MR) is 73.9 cm³/mol. The van der Waals surface area contributed by atoms with Crippen LogP contribution in [0.5, 0.6) is 0 Å². The second-order valence-electron chi connectivity index (χ2n) is 4.23. The molecule has 2 rings (SSSR count). The van der Waals surface area contributed by atoms with Gasteiger partial charge in [-0.25, -0.2) is 4.98 Å². The van der Waals surface area contributed by atoms with E-state index in [1.165, 1.54) is 0 Å². The number of anilines is 1. The van der Waals surface area contributed by atoms with Gasteiger partial charge in [0.1, 0.15) is 5.82 Å². The lowest BCUT2D eigenvalue weighted by atomic mass is 10.2. The van der Waals surface area contributed by atoms with Crippen LogP contribution in [0.4, 0.5) is 5.82 Å². The lowest BCUT2D eigenvalue weighted by molar-refractivity contribution is 0.233. The highest BCUT2D eigenvalue weighted by atomic mass is 79.9. The summed E-state index contributed by atoms with van der Waals surface area (Å²) in [7, 11) is 2.17. The van der Waals surface area contributed by atoms with Gasteiger partial charge in [0.25, 0.3) is 0 Å². The first kappa shape index (κ1) is 12.3. The topological polar surface area (TPSA) is 19.4 Å². The standard InChI is InChI=1S/C11H15Br2N3/c1-8-7-16(4-3-15(8)2)11-10(13)5-9(12)6-14-11/h5-6,8H,3-4,7H2,1-2H3. The number of likely N-dealkylation sites (N-methyl/N-ethyl adjacent to an activating group) is 1. The third-order valence-corrected chi connectivity index (χ3v) is 4.06. The molecule has 1 aromatic rings. The van der Waals surface area contributed by atoms with Crippen LogP contribution in [-0.4, -0.2) is 42.6 Å². The third-order valence-electron chi connectivity index (χ3n) is 3.05. The maximum atomic E-state index is 4.47. The Hall–Kier alpha value is -0.130. The van der Waals surface area contributed by atoms with E-state index in [9.17, 15) is 0 Å². The predicted octanol–water partition coefficient (Wildman–Crippen LogP) is 2.75. The van der Waals surface area contributed by atoms with Crippen LogP contribution in [-0.2, 0) is 0 Å². The SMILES string of the molecule is CC1CN(c2ncc(Br)cc2Br)CCN1C. The molecule has 1 aliphatic heterocycles. The van der Waals surface area contributed by atoms with E-state index >= 15 is 0 Å². The van der Waals surface area contributed by atoms with Crippen molar-refractivity contribution in [3.63, 3.8) is 0 Å². The summed E-state index contributed by atoms with van der Waals surface area (Å²) in [5, 5.41) is 0. The van der Waals surface area contributed by atoms with Crippen molar-refractivity contribution in [2.45, 2.75) is 13.0 Å². The molecule has 1 atom stereocenters. The summed E-state index contributed by atoms with van der Waals surface area (Å²) in [6.45, 7) is 5.40. The van der Waals surface area contributed by atoms with Crippen LogP contribution in [0, 0.1) is 0 Å². The Morgan fingerprint density at radius 1 is 1.38 bits per heavy atom. The van der Waals surface area contributed by atoms with Crippen molar-refractivity contribution >= 4 is 37.7 Å². The summed E-state index contributed by atoms with van der Waals surface area (Å²) in [6.07, 6.45) is 1.85. The Balaban J connectivity index is 2.18. The van der Waals surface area contributed by atoms with Gasteiger partial charge in [-0.1, -0.05) is 0 Å². The zero-order valence-electron chi connectivity index (χ0n) is 9.45. The van der Waals surface area contributed by atoms with Crippen molar-refractivity contribution in [1.29, 1.82) is 0 Å². The highest BCUT2D eigenvalue weighted by molar-refractivity contribution is 9.11. The lowest BCUT2D eigenvalue weighted by Crippen LogP contribution is -2.50. The average molecular weight is 349 g/mol. The van der Waals surface area contributed by atoms with Gasteiger partial charge < -0.3 is 9.80 Å². The van der Waals surface area contributed by atoms with Gasteiger partial charge >= 0.3 is 0 Å². The highest BCUT2D eigenvalue weighted by Gasteiger charge is 2.22. The summed E-state index contributed by atoms with van der Waals surface area (Å²) >= 11 is 6.99.